The highest BCUT2D eigenvalue weighted by atomic mass is 16.7. The molecule has 1 rings (SSSR count). The van der Waals surface area contributed by atoms with E-state index < -0.39 is 47.5 Å². The molecule has 1 unspecified atom stereocenters. The molecule has 0 aromatic rings. The normalized spacial score (nSPS) is 20.1. The molecule has 1 saturated heterocycles. The summed E-state index contributed by atoms with van der Waals surface area (Å²) >= 11 is 0. The molecule has 0 aliphatic carbocycles. The highest BCUT2D eigenvalue weighted by molar-refractivity contribution is 6.17. The van der Waals surface area contributed by atoms with Crippen LogP contribution in [0.4, 0.5) is 4.79 Å². The zero-order valence-corrected chi connectivity index (χ0v) is 11.6. The van der Waals surface area contributed by atoms with Crippen molar-refractivity contribution in [3.8, 4) is 0 Å². The average molecular weight is 287 g/mol. The summed E-state index contributed by atoms with van der Waals surface area (Å²) in [7, 11) is 0. The summed E-state index contributed by atoms with van der Waals surface area (Å²) in [6.45, 7) is 5.89. The van der Waals surface area contributed by atoms with Crippen molar-refractivity contribution < 1.29 is 33.8 Å². The van der Waals surface area contributed by atoms with Crippen molar-refractivity contribution in [2.24, 2.45) is 11.8 Å². The number of amides is 1. The van der Waals surface area contributed by atoms with E-state index in [1.807, 2.05) is 5.32 Å². The van der Waals surface area contributed by atoms with Crippen molar-refractivity contribution in [1.29, 1.82) is 0 Å². The van der Waals surface area contributed by atoms with Crippen molar-refractivity contribution in [3.05, 3.63) is 0 Å². The van der Waals surface area contributed by atoms with Gasteiger partial charge in [-0.25, -0.2) is 4.79 Å². The number of hydrogen-bond donors (Lipinski definition) is 2. The van der Waals surface area contributed by atoms with Gasteiger partial charge >= 0.3 is 18.0 Å². The van der Waals surface area contributed by atoms with E-state index in [-0.39, 0.29) is 0 Å². The van der Waals surface area contributed by atoms with Crippen LogP contribution in [0.15, 0.2) is 0 Å². The maximum atomic E-state index is 12.2. The Labute approximate surface area is 115 Å². The molecule has 8 heteroatoms. The minimum atomic E-state index is -1.76. The highest BCUT2D eigenvalue weighted by Crippen LogP contribution is 2.25. The predicted octanol–water partition coefficient (Wildman–Crippen LogP) is 0.300. The third-order valence-electron chi connectivity index (χ3n) is 2.70. The Hall–Kier alpha value is -2.12. The standard InChI is InChI=1S/C12H17NO7/c1-5(2)7(13-11(17)18)8(14)6-9(15)19-12(3,4)20-10(6)16/h5-7,13H,1-4H3,(H,17,18). The summed E-state index contributed by atoms with van der Waals surface area (Å²) in [5.41, 5.74) is 0. The van der Waals surface area contributed by atoms with E-state index in [9.17, 15) is 19.2 Å². The van der Waals surface area contributed by atoms with Crippen LogP contribution < -0.4 is 5.32 Å². The van der Waals surface area contributed by atoms with Crippen molar-refractivity contribution >= 4 is 23.8 Å². The van der Waals surface area contributed by atoms with Gasteiger partial charge in [0.2, 0.25) is 5.92 Å². The van der Waals surface area contributed by atoms with Gasteiger partial charge in [-0.3, -0.25) is 14.4 Å². The smallest absolute Gasteiger partial charge is 0.405 e. The van der Waals surface area contributed by atoms with Crippen LogP contribution in [-0.4, -0.2) is 40.8 Å². The van der Waals surface area contributed by atoms with E-state index in [0.717, 1.165) is 0 Å². The molecule has 0 aromatic carbocycles. The van der Waals surface area contributed by atoms with Crippen LogP contribution in [0, 0.1) is 11.8 Å². The van der Waals surface area contributed by atoms with Crippen LogP contribution in [0.2, 0.25) is 0 Å². The molecule has 1 atom stereocenters. The van der Waals surface area contributed by atoms with Crippen molar-refractivity contribution in [2.45, 2.75) is 39.5 Å². The molecule has 2 N–H and O–H groups in total. The van der Waals surface area contributed by atoms with Crippen molar-refractivity contribution in [2.75, 3.05) is 0 Å². The number of ether oxygens (including phenoxy) is 2. The van der Waals surface area contributed by atoms with Gasteiger partial charge in [0.15, 0.2) is 5.78 Å². The molecule has 0 aromatic heterocycles. The summed E-state index contributed by atoms with van der Waals surface area (Å²) < 4.78 is 9.67. The van der Waals surface area contributed by atoms with E-state index in [1.165, 1.54) is 13.8 Å². The molecule has 1 aliphatic rings. The molecule has 0 saturated carbocycles. The number of cyclic esters (lactones) is 2. The number of ketones is 1. The fraction of sp³-hybridized carbons (Fsp3) is 0.667. The molecule has 8 nitrogen and oxygen atoms in total. The number of Topliss-reactive ketones (excluding diaryl/α,β-unsaturated/α-hetero) is 1. The number of carbonyl (C=O) groups is 4. The average Bonchev–Trinajstić information content (AvgIpc) is 2.21. The summed E-state index contributed by atoms with van der Waals surface area (Å²) in [6.07, 6.45) is -1.42. The maximum absolute atomic E-state index is 12.2. The first kappa shape index (κ1) is 15.9. The van der Waals surface area contributed by atoms with Gasteiger partial charge in [-0.1, -0.05) is 13.8 Å². The largest absolute Gasteiger partial charge is 0.465 e. The predicted molar refractivity (Wildman–Crippen MR) is 64.5 cm³/mol. The first-order chi connectivity index (χ1) is 9.05. The Morgan fingerprint density at radius 1 is 1.20 bits per heavy atom. The third kappa shape index (κ3) is 3.46. The third-order valence-corrected chi connectivity index (χ3v) is 2.70. The second-order valence-corrected chi connectivity index (χ2v) is 5.25. The van der Waals surface area contributed by atoms with Crippen LogP contribution in [0.3, 0.4) is 0 Å². The molecule has 1 fully saturated rings. The van der Waals surface area contributed by atoms with E-state index in [1.54, 1.807) is 13.8 Å². The minimum Gasteiger partial charge on any atom is -0.465 e. The second kappa shape index (κ2) is 5.48. The number of nitrogens with one attached hydrogen (secondary N) is 1. The van der Waals surface area contributed by atoms with Gasteiger partial charge < -0.3 is 19.9 Å². The first-order valence-corrected chi connectivity index (χ1v) is 6.04. The van der Waals surface area contributed by atoms with Crippen LogP contribution in [0.5, 0.6) is 0 Å². The van der Waals surface area contributed by atoms with E-state index >= 15 is 0 Å². The number of esters is 2. The van der Waals surface area contributed by atoms with Gasteiger partial charge in [-0.05, 0) is 5.92 Å². The monoisotopic (exact) mass is 287 g/mol. The number of carbonyl (C=O) groups excluding carboxylic acids is 3. The lowest BCUT2D eigenvalue weighted by molar-refractivity contribution is -0.238. The summed E-state index contributed by atoms with van der Waals surface area (Å²) in [4.78, 5) is 46.4. The van der Waals surface area contributed by atoms with E-state index in [4.69, 9.17) is 14.6 Å². The van der Waals surface area contributed by atoms with Gasteiger partial charge in [-0.2, -0.15) is 0 Å². The van der Waals surface area contributed by atoms with Crippen LogP contribution >= 0.6 is 0 Å². The molecular formula is C12H17NO7. The molecule has 0 bridgehead atoms. The Morgan fingerprint density at radius 3 is 2.00 bits per heavy atom. The summed E-state index contributed by atoms with van der Waals surface area (Å²) in [6, 6.07) is -1.20. The molecular weight excluding hydrogens is 270 g/mol. The Kier molecular flexibility index (Phi) is 4.36. The second-order valence-electron chi connectivity index (χ2n) is 5.25. The van der Waals surface area contributed by atoms with Gasteiger partial charge in [0.25, 0.3) is 5.79 Å². The van der Waals surface area contributed by atoms with Crippen molar-refractivity contribution in [1.82, 2.24) is 5.32 Å². The first-order valence-electron chi connectivity index (χ1n) is 6.04. The number of rotatable bonds is 4. The fourth-order valence-corrected chi connectivity index (χ4v) is 1.83. The lowest BCUT2D eigenvalue weighted by Crippen LogP contribution is -2.55. The van der Waals surface area contributed by atoms with Gasteiger partial charge in [0.05, 0.1) is 6.04 Å². The number of carboxylic acid groups (broad SMARTS) is 1. The molecule has 20 heavy (non-hydrogen) atoms. The Bertz CT molecular complexity index is 435. The Morgan fingerprint density at radius 2 is 1.65 bits per heavy atom. The zero-order chi connectivity index (χ0) is 15.7. The molecule has 1 amide bonds. The highest BCUT2D eigenvalue weighted by Gasteiger charge is 2.49. The molecule has 0 spiro atoms. The molecule has 1 aliphatic heterocycles. The van der Waals surface area contributed by atoms with Crippen LogP contribution in [0.1, 0.15) is 27.7 Å². The Balaban J connectivity index is 2.97. The van der Waals surface area contributed by atoms with E-state index in [0.29, 0.717) is 0 Å². The topological polar surface area (TPSA) is 119 Å². The quantitative estimate of drug-likeness (QED) is 0.563. The van der Waals surface area contributed by atoms with Gasteiger partial charge in [0, 0.05) is 13.8 Å². The minimum absolute atomic E-state index is 0.436. The van der Waals surface area contributed by atoms with Crippen molar-refractivity contribution in [3.63, 3.8) is 0 Å². The lowest BCUT2D eigenvalue weighted by atomic mass is 9.90. The molecule has 112 valence electrons. The fourth-order valence-electron chi connectivity index (χ4n) is 1.83. The summed E-state index contributed by atoms with van der Waals surface area (Å²) in [5, 5.41) is 10.7. The zero-order valence-electron chi connectivity index (χ0n) is 11.6. The maximum Gasteiger partial charge on any atom is 0.405 e. The molecule has 0 radical (unpaired) electrons. The summed E-state index contributed by atoms with van der Waals surface area (Å²) in [5.74, 6) is -6.58. The SMILES string of the molecule is CC(C)C(NC(=O)O)C(=O)C1C(=O)OC(C)(C)OC1=O. The van der Waals surface area contributed by atoms with Crippen LogP contribution in [0.25, 0.3) is 0 Å². The van der Waals surface area contributed by atoms with E-state index in [2.05, 4.69) is 0 Å². The van der Waals surface area contributed by atoms with Gasteiger partial charge in [0.1, 0.15) is 0 Å². The number of hydrogen-bond acceptors (Lipinski definition) is 6. The van der Waals surface area contributed by atoms with Crippen LogP contribution in [-0.2, 0) is 23.9 Å². The molecule has 1 heterocycles. The van der Waals surface area contributed by atoms with Gasteiger partial charge in [-0.15, -0.1) is 0 Å². The lowest BCUT2D eigenvalue weighted by Gasteiger charge is -2.33.